The lowest BCUT2D eigenvalue weighted by molar-refractivity contribution is -0.123. The SMILES string of the molecule is Cc1ccc(C)c(C(=O)COC(=O)c2ccccc2N2C(=O)[C@H]3[C@H](C2=O)[C@H]2C=C[C@H]3C2)c1. The number of ketones is 1. The van der Waals surface area contributed by atoms with Crippen molar-refractivity contribution in [2.24, 2.45) is 23.7 Å². The molecule has 2 fully saturated rings. The summed E-state index contributed by atoms with van der Waals surface area (Å²) in [7, 11) is 0. The molecule has 0 spiro atoms. The minimum atomic E-state index is -0.738. The first-order valence-electron chi connectivity index (χ1n) is 10.8. The van der Waals surface area contributed by atoms with Gasteiger partial charge >= 0.3 is 5.97 Å². The number of aryl methyl sites for hydroxylation is 2. The van der Waals surface area contributed by atoms with E-state index in [0.717, 1.165) is 22.4 Å². The number of anilines is 1. The van der Waals surface area contributed by atoms with Gasteiger partial charge in [0.2, 0.25) is 17.6 Å². The van der Waals surface area contributed by atoms with Crippen molar-refractivity contribution >= 4 is 29.3 Å². The predicted octanol–water partition coefficient (Wildman–Crippen LogP) is 3.65. The summed E-state index contributed by atoms with van der Waals surface area (Å²) in [5, 5.41) is 0. The monoisotopic (exact) mass is 429 g/mol. The van der Waals surface area contributed by atoms with Gasteiger partial charge in [-0.25, -0.2) is 9.69 Å². The number of carbonyl (C=O) groups excluding carboxylic acids is 4. The second-order valence-corrected chi connectivity index (χ2v) is 8.85. The van der Waals surface area contributed by atoms with E-state index in [0.29, 0.717) is 5.56 Å². The maximum Gasteiger partial charge on any atom is 0.340 e. The zero-order valence-corrected chi connectivity index (χ0v) is 17.9. The van der Waals surface area contributed by atoms with Gasteiger partial charge in [-0.05, 0) is 55.9 Å². The summed E-state index contributed by atoms with van der Waals surface area (Å²) in [4.78, 5) is 52.9. The molecule has 3 aliphatic rings. The number of esters is 1. The number of hydrogen-bond acceptors (Lipinski definition) is 5. The van der Waals surface area contributed by atoms with Gasteiger partial charge in [-0.3, -0.25) is 14.4 Å². The summed E-state index contributed by atoms with van der Waals surface area (Å²) in [5.74, 6) is -2.10. The van der Waals surface area contributed by atoms with E-state index in [9.17, 15) is 19.2 Å². The highest BCUT2D eigenvalue weighted by Crippen LogP contribution is 2.53. The van der Waals surface area contributed by atoms with Crippen LogP contribution in [-0.4, -0.2) is 30.2 Å². The third kappa shape index (κ3) is 3.09. The van der Waals surface area contributed by atoms with Crippen LogP contribution in [0.3, 0.4) is 0 Å². The van der Waals surface area contributed by atoms with Gasteiger partial charge in [0.05, 0.1) is 23.1 Å². The Kier molecular flexibility index (Phi) is 4.81. The minimum Gasteiger partial charge on any atom is -0.454 e. The Bertz CT molecular complexity index is 1170. The first-order valence-corrected chi connectivity index (χ1v) is 10.8. The molecule has 6 nitrogen and oxygen atoms in total. The number of rotatable bonds is 5. The summed E-state index contributed by atoms with van der Waals surface area (Å²) in [5.41, 5.74) is 2.58. The van der Waals surface area contributed by atoms with Crippen molar-refractivity contribution in [3.05, 3.63) is 76.9 Å². The van der Waals surface area contributed by atoms with Gasteiger partial charge in [0.1, 0.15) is 0 Å². The van der Waals surface area contributed by atoms with Gasteiger partial charge in [-0.1, -0.05) is 42.0 Å². The number of amides is 2. The Balaban J connectivity index is 1.37. The fourth-order valence-corrected chi connectivity index (χ4v) is 5.30. The number of Topliss-reactive ketones (excluding diaryl/α,β-unsaturated/α-hetero) is 1. The van der Waals surface area contributed by atoms with Gasteiger partial charge in [0, 0.05) is 5.56 Å². The van der Waals surface area contributed by atoms with E-state index in [4.69, 9.17) is 4.74 Å². The van der Waals surface area contributed by atoms with Gasteiger partial charge in [0.25, 0.3) is 0 Å². The highest BCUT2D eigenvalue weighted by atomic mass is 16.5. The highest BCUT2D eigenvalue weighted by Gasteiger charge is 2.59. The topological polar surface area (TPSA) is 80.8 Å². The Morgan fingerprint density at radius 2 is 1.59 bits per heavy atom. The second-order valence-electron chi connectivity index (χ2n) is 8.85. The van der Waals surface area contributed by atoms with Crippen molar-refractivity contribution in [1.29, 1.82) is 0 Å². The molecule has 162 valence electrons. The van der Waals surface area contributed by atoms with E-state index >= 15 is 0 Å². The molecule has 2 aliphatic carbocycles. The van der Waals surface area contributed by atoms with Crippen LogP contribution < -0.4 is 4.90 Å². The summed E-state index contributed by atoms with van der Waals surface area (Å²) >= 11 is 0. The molecule has 0 unspecified atom stereocenters. The number of imide groups is 1. The van der Waals surface area contributed by atoms with Crippen LogP contribution in [0.5, 0.6) is 0 Å². The van der Waals surface area contributed by atoms with Crippen molar-refractivity contribution < 1.29 is 23.9 Å². The predicted molar refractivity (Wildman–Crippen MR) is 117 cm³/mol. The van der Waals surface area contributed by atoms with E-state index in [1.165, 1.54) is 6.07 Å². The fourth-order valence-electron chi connectivity index (χ4n) is 5.30. The Hall–Kier alpha value is -3.54. The third-order valence-corrected chi connectivity index (χ3v) is 6.86. The molecular formula is C26H23NO5. The van der Waals surface area contributed by atoms with Crippen LogP contribution in [0.1, 0.15) is 38.3 Å². The number of carbonyl (C=O) groups is 4. The number of benzene rings is 2. The van der Waals surface area contributed by atoms with Crippen molar-refractivity contribution in [3.63, 3.8) is 0 Å². The Labute approximate surface area is 185 Å². The number of para-hydroxylation sites is 1. The van der Waals surface area contributed by atoms with Crippen LogP contribution in [-0.2, 0) is 14.3 Å². The maximum atomic E-state index is 13.1. The highest BCUT2D eigenvalue weighted by molar-refractivity contribution is 6.24. The molecule has 1 saturated heterocycles. The lowest BCUT2D eigenvalue weighted by atomic mass is 9.85. The quantitative estimate of drug-likeness (QED) is 0.314. The molecule has 0 aromatic heterocycles. The second kappa shape index (κ2) is 7.55. The van der Waals surface area contributed by atoms with Crippen molar-refractivity contribution in [2.75, 3.05) is 11.5 Å². The van der Waals surface area contributed by atoms with E-state index in [2.05, 4.69) is 0 Å². The molecule has 1 aliphatic heterocycles. The van der Waals surface area contributed by atoms with Crippen molar-refractivity contribution in [3.8, 4) is 0 Å². The summed E-state index contributed by atoms with van der Waals surface area (Å²) in [6.07, 6.45) is 4.89. The molecule has 0 N–H and O–H groups in total. The lowest BCUT2D eigenvalue weighted by Crippen LogP contribution is -2.34. The molecular weight excluding hydrogens is 406 g/mol. The fraction of sp³-hybridized carbons (Fsp3) is 0.308. The average Bonchev–Trinajstić information content (AvgIpc) is 3.47. The van der Waals surface area contributed by atoms with Crippen molar-refractivity contribution in [1.82, 2.24) is 0 Å². The summed E-state index contributed by atoms with van der Waals surface area (Å²) in [6, 6.07) is 11.9. The molecule has 0 radical (unpaired) electrons. The number of ether oxygens (including phenoxy) is 1. The van der Waals surface area contributed by atoms with Crippen molar-refractivity contribution in [2.45, 2.75) is 20.3 Å². The average molecular weight is 429 g/mol. The first kappa shape index (κ1) is 20.4. The lowest BCUT2D eigenvalue weighted by Gasteiger charge is -2.20. The molecule has 6 heteroatoms. The van der Waals surface area contributed by atoms with E-state index in [1.54, 1.807) is 24.3 Å². The zero-order valence-electron chi connectivity index (χ0n) is 17.9. The minimum absolute atomic E-state index is 0.0840. The maximum absolute atomic E-state index is 13.1. The Morgan fingerprint density at radius 3 is 2.28 bits per heavy atom. The van der Waals surface area contributed by atoms with Crippen LogP contribution in [0.4, 0.5) is 5.69 Å². The smallest absolute Gasteiger partial charge is 0.340 e. The van der Waals surface area contributed by atoms with E-state index < -0.39 is 12.6 Å². The van der Waals surface area contributed by atoms with Crippen LogP contribution in [0.2, 0.25) is 0 Å². The molecule has 4 atom stereocenters. The molecule has 2 aromatic carbocycles. The van der Waals surface area contributed by atoms with E-state index in [-0.39, 0.29) is 52.5 Å². The van der Waals surface area contributed by atoms with Gasteiger partial charge < -0.3 is 4.74 Å². The van der Waals surface area contributed by atoms with Gasteiger partial charge in [0.15, 0.2) is 6.61 Å². The van der Waals surface area contributed by atoms with Crippen LogP contribution in [0, 0.1) is 37.5 Å². The molecule has 2 aromatic rings. The molecule has 32 heavy (non-hydrogen) atoms. The first-order chi connectivity index (χ1) is 15.4. The largest absolute Gasteiger partial charge is 0.454 e. The van der Waals surface area contributed by atoms with Crippen LogP contribution >= 0.6 is 0 Å². The molecule has 5 rings (SSSR count). The zero-order chi connectivity index (χ0) is 22.6. The Morgan fingerprint density at radius 1 is 0.938 bits per heavy atom. The standard InChI is InChI=1S/C26H23NO5/c1-14-7-8-15(2)19(11-14)21(28)13-32-26(31)18-5-3-4-6-20(18)27-24(29)22-16-9-10-17(12-16)23(22)25(27)30/h3-11,16-17,22-23H,12-13H2,1-2H3/t16-,17-,22+,23+/m0/s1. The van der Waals surface area contributed by atoms with E-state index in [1.807, 2.05) is 38.1 Å². The van der Waals surface area contributed by atoms with Crippen LogP contribution in [0.25, 0.3) is 0 Å². The molecule has 2 bridgehead atoms. The summed E-state index contributed by atoms with van der Waals surface area (Å²) in [6.45, 7) is 3.30. The number of hydrogen-bond donors (Lipinski definition) is 0. The molecule has 1 saturated carbocycles. The number of fused-ring (bicyclic) bond motifs is 5. The molecule has 1 heterocycles. The number of allylic oxidation sites excluding steroid dienone is 2. The van der Waals surface area contributed by atoms with Crippen LogP contribution in [0.15, 0.2) is 54.6 Å². The summed E-state index contributed by atoms with van der Waals surface area (Å²) < 4.78 is 5.31. The third-order valence-electron chi connectivity index (χ3n) is 6.86. The van der Waals surface area contributed by atoms with Gasteiger partial charge in [-0.15, -0.1) is 0 Å². The molecule has 2 amide bonds. The van der Waals surface area contributed by atoms with Gasteiger partial charge in [-0.2, -0.15) is 0 Å². The number of nitrogens with zero attached hydrogens (tertiary/aromatic N) is 1. The normalized spacial score (nSPS) is 25.4.